The first kappa shape index (κ1) is 19.8. The first-order valence-electron chi connectivity index (χ1n) is 8.36. The molecule has 0 aliphatic rings. The lowest BCUT2D eigenvalue weighted by atomic mass is 10.2. The summed E-state index contributed by atoms with van der Waals surface area (Å²) in [5.74, 6) is -0.506. The Kier molecular flexibility index (Phi) is 5.91. The van der Waals surface area contributed by atoms with Crippen molar-refractivity contribution in [2.45, 2.75) is 11.8 Å². The average molecular weight is 416 g/mol. The van der Waals surface area contributed by atoms with Gasteiger partial charge in [-0.3, -0.25) is 4.72 Å². The van der Waals surface area contributed by atoms with E-state index in [1.807, 2.05) is 31.2 Å². The molecule has 28 heavy (non-hydrogen) atoms. The first-order chi connectivity index (χ1) is 13.3. The number of para-hydroxylation sites is 3. The number of thiocarbonyl (C=S) groups is 1. The highest BCUT2D eigenvalue weighted by atomic mass is 32.2. The summed E-state index contributed by atoms with van der Waals surface area (Å²) in [5, 5.41) is 6.41. The lowest BCUT2D eigenvalue weighted by Gasteiger charge is -2.16. The second kappa shape index (κ2) is 8.37. The molecule has 0 unspecified atom stereocenters. The Balaban J connectivity index is 1.78. The van der Waals surface area contributed by atoms with E-state index in [9.17, 15) is 12.8 Å². The van der Waals surface area contributed by atoms with Crippen LogP contribution in [0.15, 0.2) is 77.7 Å². The Morgan fingerprint density at radius 1 is 0.821 bits per heavy atom. The molecule has 3 aromatic carbocycles. The number of anilines is 3. The predicted octanol–water partition coefficient (Wildman–Crippen LogP) is 4.74. The quantitative estimate of drug-likeness (QED) is 0.525. The normalized spacial score (nSPS) is 10.9. The third kappa shape index (κ3) is 4.85. The van der Waals surface area contributed by atoms with Crippen LogP contribution < -0.4 is 15.4 Å². The maximum atomic E-state index is 13.1. The van der Waals surface area contributed by atoms with Crippen LogP contribution >= 0.6 is 12.2 Å². The molecule has 0 fully saturated rings. The Labute approximate surface area is 168 Å². The van der Waals surface area contributed by atoms with E-state index >= 15 is 0 Å². The Bertz CT molecular complexity index is 1100. The number of hydrogen-bond donors (Lipinski definition) is 3. The van der Waals surface area contributed by atoms with Gasteiger partial charge >= 0.3 is 0 Å². The molecule has 3 aromatic rings. The van der Waals surface area contributed by atoms with Gasteiger partial charge in [-0.05, 0) is 67.2 Å². The van der Waals surface area contributed by atoms with E-state index in [1.165, 1.54) is 12.1 Å². The minimum atomic E-state index is -3.87. The number of benzene rings is 3. The van der Waals surface area contributed by atoms with Gasteiger partial charge in [0.25, 0.3) is 10.0 Å². The summed E-state index contributed by atoms with van der Waals surface area (Å²) in [4.78, 5) is -0.0377. The van der Waals surface area contributed by atoms with E-state index in [0.717, 1.165) is 23.4 Å². The number of sulfonamides is 1. The minimum absolute atomic E-state index is 0.0377. The molecule has 5 nitrogen and oxygen atoms in total. The molecule has 0 amide bonds. The molecule has 3 rings (SSSR count). The van der Waals surface area contributed by atoms with Crippen molar-refractivity contribution < 1.29 is 12.8 Å². The Hall–Kier alpha value is -2.97. The highest BCUT2D eigenvalue weighted by Gasteiger charge is 2.16. The molecule has 0 aliphatic heterocycles. The largest absolute Gasteiger partial charge is 0.332 e. The van der Waals surface area contributed by atoms with Crippen LogP contribution in [-0.4, -0.2) is 13.5 Å². The average Bonchev–Trinajstić information content (AvgIpc) is 2.65. The predicted molar refractivity (Wildman–Crippen MR) is 115 cm³/mol. The van der Waals surface area contributed by atoms with Crippen LogP contribution in [0.4, 0.5) is 21.5 Å². The monoisotopic (exact) mass is 415 g/mol. The zero-order valence-corrected chi connectivity index (χ0v) is 16.6. The summed E-state index contributed by atoms with van der Waals surface area (Å²) in [7, 11) is -3.87. The van der Waals surface area contributed by atoms with Crippen molar-refractivity contribution in [2.75, 3.05) is 15.4 Å². The molecular formula is C20H18FN3O2S2. The molecule has 0 saturated heterocycles. The van der Waals surface area contributed by atoms with Gasteiger partial charge in [0, 0.05) is 5.69 Å². The first-order valence-corrected chi connectivity index (χ1v) is 10.3. The van der Waals surface area contributed by atoms with Crippen LogP contribution in [0.5, 0.6) is 0 Å². The van der Waals surface area contributed by atoms with Crippen LogP contribution in [0.3, 0.4) is 0 Å². The smallest absolute Gasteiger partial charge is 0.261 e. The van der Waals surface area contributed by atoms with Gasteiger partial charge in [0.1, 0.15) is 5.82 Å². The lowest BCUT2D eigenvalue weighted by Crippen LogP contribution is -2.21. The molecule has 0 atom stereocenters. The second-order valence-corrected chi connectivity index (χ2v) is 8.09. The zero-order valence-electron chi connectivity index (χ0n) is 14.9. The molecule has 0 aromatic heterocycles. The second-order valence-electron chi connectivity index (χ2n) is 6.00. The molecule has 0 bridgehead atoms. The third-order valence-electron chi connectivity index (χ3n) is 3.94. The third-order valence-corrected chi connectivity index (χ3v) is 5.52. The van der Waals surface area contributed by atoms with Crippen LogP contribution in [0.2, 0.25) is 0 Å². The van der Waals surface area contributed by atoms with Gasteiger partial charge in [0.2, 0.25) is 0 Å². The zero-order chi connectivity index (χ0) is 20.1. The standard InChI is InChI=1S/C20H18FN3O2S2/c1-14-6-2-3-7-17(14)22-20(27)23-18-8-4-5-9-19(18)24-28(25,26)16-12-10-15(21)11-13-16/h2-13,24H,1H3,(H2,22,23,27). The number of hydrogen-bond acceptors (Lipinski definition) is 3. The maximum Gasteiger partial charge on any atom is 0.261 e. The van der Waals surface area contributed by atoms with Gasteiger partial charge in [-0.1, -0.05) is 30.3 Å². The van der Waals surface area contributed by atoms with Crippen molar-refractivity contribution in [2.24, 2.45) is 0 Å². The van der Waals surface area contributed by atoms with Gasteiger partial charge in [-0.2, -0.15) is 0 Å². The van der Waals surface area contributed by atoms with E-state index in [1.54, 1.807) is 24.3 Å². The van der Waals surface area contributed by atoms with Crippen molar-refractivity contribution in [3.8, 4) is 0 Å². The van der Waals surface area contributed by atoms with Crippen LogP contribution in [0.25, 0.3) is 0 Å². The molecular weight excluding hydrogens is 397 g/mol. The summed E-state index contributed by atoms with van der Waals surface area (Å²) < 4.78 is 40.7. The molecule has 0 radical (unpaired) electrons. The van der Waals surface area contributed by atoms with Crippen LogP contribution in [-0.2, 0) is 10.0 Å². The van der Waals surface area contributed by atoms with E-state index in [2.05, 4.69) is 15.4 Å². The number of rotatable bonds is 5. The van der Waals surface area contributed by atoms with Crippen molar-refractivity contribution >= 4 is 44.4 Å². The van der Waals surface area contributed by atoms with Crippen molar-refractivity contribution in [3.05, 3.63) is 84.2 Å². The summed E-state index contributed by atoms with van der Waals surface area (Å²) in [6.45, 7) is 1.95. The highest BCUT2D eigenvalue weighted by molar-refractivity contribution is 7.92. The van der Waals surface area contributed by atoms with E-state index in [4.69, 9.17) is 12.2 Å². The minimum Gasteiger partial charge on any atom is -0.332 e. The molecule has 0 saturated carbocycles. The van der Waals surface area contributed by atoms with Gasteiger partial charge in [-0.15, -0.1) is 0 Å². The molecule has 0 spiro atoms. The highest BCUT2D eigenvalue weighted by Crippen LogP contribution is 2.25. The van der Waals surface area contributed by atoms with Crippen LogP contribution in [0, 0.1) is 12.7 Å². The van der Waals surface area contributed by atoms with Crippen molar-refractivity contribution in [1.29, 1.82) is 0 Å². The molecule has 0 heterocycles. The Morgan fingerprint density at radius 2 is 1.36 bits per heavy atom. The number of nitrogens with one attached hydrogen (secondary N) is 3. The van der Waals surface area contributed by atoms with Gasteiger partial charge in [0.05, 0.1) is 16.3 Å². The summed E-state index contributed by atoms with van der Waals surface area (Å²) in [5.41, 5.74) is 2.68. The lowest BCUT2D eigenvalue weighted by molar-refractivity contribution is 0.599. The van der Waals surface area contributed by atoms with Gasteiger partial charge in [0.15, 0.2) is 5.11 Å². The summed E-state index contributed by atoms with van der Waals surface area (Å²) >= 11 is 5.35. The molecule has 144 valence electrons. The van der Waals surface area contributed by atoms with Gasteiger partial charge in [-0.25, -0.2) is 12.8 Å². The van der Waals surface area contributed by atoms with Crippen molar-refractivity contribution in [3.63, 3.8) is 0 Å². The molecule has 0 aliphatic carbocycles. The SMILES string of the molecule is Cc1ccccc1NC(=S)Nc1ccccc1NS(=O)(=O)c1ccc(F)cc1. The fourth-order valence-corrected chi connectivity index (χ4v) is 3.79. The number of aryl methyl sites for hydroxylation is 1. The number of halogens is 1. The summed E-state index contributed by atoms with van der Waals surface area (Å²) in [6.07, 6.45) is 0. The van der Waals surface area contributed by atoms with Gasteiger partial charge < -0.3 is 10.6 Å². The fraction of sp³-hybridized carbons (Fsp3) is 0.0500. The topological polar surface area (TPSA) is 70.2 Å². The van der Waals surface area contributed by atoms with E-state index < -0.39 is 15.8 Å². The fourth-order valence-electron chi connectivity index (χ4n) is 2.49. The molecule has 3 N–H and O–H groups in total. The Morgan fingerprint density at radius 3 is 2.00 bits per heavy atom. The summed E-state index contributed by atoms with van der Waals surface area (Å²) in [6, 6.07) is 19.0. The van der Waals surface area contributed by atoms with E-state index in [-0.39, 0.29) is 4.90 Å². The molecule has 8 heteroatoms. The van der Waals surface area contributed by atoms with Crippen LogP contribution in [0.1, 0.15) is 5.56 Å². The van der Waals surface area contributed by atoms with Crippen molar-refractivity contribution in [1.82, 2.24) is 0 Å². The van der Waals surface area contributed by atoms with E-state index in [0.29, 0.717) is 16.5 Å². The maximum absolute atomic E-state index is 13.1.